The monoisotopic (exact) mass is 337 g/mol. The fourth-order valence-electron chi connectivity index (χ4n) is 2.31. The molecule has 1 rings (SSSR count). The van der Waals surface area contributed by atoms with Crippen molar-refractivity contribution < 1.29 is 29.7 Å². The lowest BCUT2D eigenvalue weighted by atomic mass is 9.83. The van der Waals surface area contributed by atoms with Crippen molar-refractivity contribution in [3.8, 4) is 0 Å². The highest BCUT2D eigenvalue weighted by Gasteiger charge is 2.26. The largest absolute Gasteiger partial charge is 0.481 e. The number of carbonyl (C=O) groups is 3. The average Bonchev–Trinajstić information content (AvgIpc) is 2.44. The van der Waals surface area contributed by atoms with E-state index in [1.165, 1.54) is 6.07 Å². The van der Waals surface area contributed by atoms with Gasteiger partial charge in [-0.2, -0.15) is 0 Å². The maximum absolute atomic E-state index is 11.4. The first-order chi connectivity index (χ1) is 10.9. The molecule has 0 radical (unpaired) electrons. The van der Waals surface area contributed by atoms with Crippen LogP contribution in [0.1, 0.15) is 48.7 Å². The van der Waals surface area contributed by atoms with E-state index in [1.54, 1.807) is 12.1 Å². The molecule has 24 heavy (non-hydrogen) atoms. The van der Waals surface area contributed by atoms with E-state index in [0.717, 1.165) is 5.56 Å². The number of primary amides is 1. The van der Waals surface area contributed by atoms with E-state index in [2.05, 4.69) is 0 Å². The van der Waals surface area contributed by atoms with Gasteiger partial charge in [-0.25, -0.2) is 4.79 Å². The van der Waals surface area contributed by atoms with Crippen molar-refractivity contribution in [2.45, 2.75) is 45.1 Å². The van der Waals surface area contributed by atoms with Crippen molar-refractivity contribution in [3.63, 3.8) is 0 Å². The van der Waals surface area contributed by atoms with Crippen LogP contribution in [0.5, 0.6) is 0 Å². The molecule has 5 N–H and O–H groups in total. The highest BCUT2D eigenvalue weighted by atomic mass is 16.4. The molecule has 0 aliphatic carbocycles. The van der Waals surface area contributed by atoms with Crippen LogP contribution in [0.2, 0.25) is 0 Å². The Morgan fingerprint density at radius 2 is 1.71 bits per heavy atom. The highest BCUT2D eigenvalue weighted by molar-refractivity contribution is 5.88. The van der Waals surface area contributed by atoms with E-state index in [0.29, 0.717) is 5.56 Å². The number of carboxylic acid groups (broad SMARTS) is 2. The van der Waals surface area contributed by atoms with Gasteiger partial charge in [-0.05, 0) is 41.5 Å². The quantitative estimate of drug-likeness (QED) is 0.589. The molecule has 7 heteroatoms. The average molecular weight is 337 g/mol. The first-order valence-electron chi connectivity index (χ1n) is 7.49. The van der Waals surface area contributed by atoms with E-state index in [1.807, 2.05) is 20.8 Å². The molecule has 2 atom stereocenters. The van der Waals surface area contributed by atoms with Gasteiger partial charge in [-0.15, -0.1) is 0 Å². The second-order valence-electron chi connectivity index (χ2n) is 6.87. The molecule has 2 unspecified atom stereocenters. The second-order valence-corrected chi connectivity index (χ2v) is 6.87. The number of benzene rings is 1. The predicted octanol–water partition coefficient (Wildman–Crippen LogP) is 1.16. The lowest BCUT2D eigenvalue weighted by Gasteiger charge is -2.22. The summed E-state index contributed by atoms with van der Waals surface area (Å²) in [5.74, 6) is -4.33. The van der Waals surface area contributed by atoms with Crippen molar-refractivity contribution in [1.29, 1.82) is 0 Å². The standard InChI is InChI=1S/C17H23NO6/c1-17(2,3)12-6-9(4-10(7-12)15(21)22)5-11(16(23)24)8-13(19)14(18)20/h4,6-7,11,13,19H,5,8H2,1-3H3,(H2,18,20)(H,21,22)(H,23,24). The molecule has 0 saturated heterocycles. The molecule has 0 aromatic heterocycles. The third-order valence-corrected chi connectivity index (χ3v) is 3.77. The molecule has 1 aromatic rings. The van der Waals surface area contributed by atoms with Gasteiger partial charge in [0.2, 0.25) is 5.91 Å². The molecule has 0 spiro atoms. The van der Waals surface area contributed by atoms with Crippen LogP contribution >= 0.6 is 0 Å². The fraction of sp³-hybridized carbons (Fsp3) is 0.471. The first-order valence-corrected chi connectivity index (χ1v) is 7.49. The molecule has 0 aliphatic rings. The molecule has 0 heterocycles. The molecule has 1 aromatic carbocycles. The summed E-state index contributed by atoms with van der Waals surface area (Å²) in [7, 11) is 0. The Balaban J connectivity index is 3.18. The van der Waals surface area contributed by atoms with Crippen LogP contribution in [0.3, 0.4) is 0 Å². The zero-order chi connectivity index (χ0) is 18.7. The normalized spacial score (nSPS) is 14.0. The summed E-state index contributed by atoms with van der Waals surface area (Å²) >= 11 is 0. The lowest BCUT2D eigenvalue weighted by Crippen LogP contribution is -2.33. The number of rotatable bonds is 7. The molecular weight excluding hydrogens is 314 g/mol. The molecule has 0 fully saturated rings. The van der Waals surface area contributed by atoms with E-state index < -0.39 is 29.9 Å². The maximum Gasteiger partial charge on any atom is 0.335 e. The van der Waals surface area contributed by atoms with Crippen LogP contribution in [-0.4, -0.2) is 39.3 Å². The summed E-state index contributed by atoms with van der Waals surface area (Å²) in [6, 6.07) is 4.71. The Morgan fingerprint density at radius 3 is 2.12 bits per heavy atom. The van der Waals surface area contributed by atoms with Gasteiger partial charge < -0.3 is 21.1 Å². The number of hydrogen-bond acceptors (Lipinski definition) is 4. The topological polar surface area (TPSA) is 138 Å². The Hall–Kier alpha value is -2.41. The molecule has 132 valence electrons. The minimum Gasteiger partial charge on any atom is -0.481 e. The van der Waals surface area contributed by atoms with E-state index in [9.17, 15) is 29.7 Å². The highest BCUT2D eigenvalue weighted by Crippen LogP contribution is 2.26. The summed E-state index contributed by atoms with van der Waals surface area (Å²) < 4.78 is 0. The van der Waals surface area contributed by atoms with Crippen LogP contribution in [0.25, 0.3) is 0 Å². The number of aliphatic hydroxyl groups excluding tert-OH is 1. The Morgan fingerprint density at radius 1 is 1.12 bits per heavy atom. The molecular formula is C17H23NO6. The number of aliphatic carboxylic acids is 1. The molecule has 0 saturated carbocycles. The summed E-state index contributed by atoms with van der Waals surface area (Å²) in [6.07, 6.45) is -1.90. The van der Waals surface area contributed by atoms with Gasteiger partial charge in [0.15, 0.2) is 0 Å². The third-order valence-electron chi connectivity index (χ3n) is 3.77. The number of carbonyl (C=O) groups excluding carboxylic acids is 1. The van der Waals surface area contributed by atoms with E-state index in [4.69, 9.17) is 5.73 Å². The van der Waals surface area contributed by atoms with Crippen molar-refractivity contribution in [2.75, 3.05) is 0 Å². The summed E-state index contributed by atoms with van der Waals surface area (Å²) in [4.78, 5) is 33.6. The van der Waals surface area contributed by atoms with Crippen molar-refractivity contribution in [3.05, 3.63) is 34.9 Å². The Bertz CT molecular complexity index is 647. The number of aromatic carboxylic acids is 1. The zero-order valence-corrected chi connectivity index (χ0v) is 13.9. The number of hydrogen-bond donors (Lipinski definition) is 4. The van der Waals surface area contributed by atoms with Crippen LogP contribution < -0.4 is 5.73 Å². The van der Waals surface area contributed by atoms with Gasteiger partial charge in [0.25, 0.3) is 0 Å². The number of amides is 1. The van der Waals surface area contributed by atoms with E-state index in [-0.39, 0.29) is 23.8 Å². The second kappa shape index (κ2) is 7.44. The molecule has 0 aliphatic heterocycles. The number of nitrogens with two attached hydrogens (primary N) is 1. The summed E-state index contributed by atoms with van der Waals surface area (Å²) in [5, 5.41) is 28.1. The third kappa shape index (κ3) is 5.34. The van der Waals surface area contributed by atoms with Gasteiger partial charge in [0.1, 0.15) is 6.10 Å². The predicted molar refractivity (Wildman–Crippen MR) is 86.7 cm³/mol. The Labute approximate surface area is 140 Å². The lowest BCUT2D eigenvalue weighted by molar-refractivity contribution is -0.143. The first kappa shape index (κ1) is 19.6. The van der Waals surface area contributed by atoms with Crippen LogP contribution in [-0.2, 0) is 21.4 Å². The SMILES string of the molecule is CC(C)(C)c1cc(CC(CC(O)C(N)=O)C(=O)O)cc(C(=O)O)c1. The summed E-state index contributed by atoms with van der Waals surface area (Å²) in [6.45, 7) is 5.76. The van der Waals surface area contributed by atoms with Gasteiger partial charge in [-0.3, -0.25) is 9.59 Å². The minimum atomic E-state index is -1.56. The molecule has 7 nitrogen and oxygen atoms in total. The molecule has 0 bridgehead atoms. The minimum absolute atomic E-state index is 0.0100. The van der Waals surface area contributed by atoms with E-state index >= 15 is 0 Å². The van der Waals surface area contributed by atoms with Crippen LogP contribution in [0.15, 0.2) is 18.2 Å². The van der Waals surface area contributed by atoms with Gasteiger partial charge >= 0.3 is 11.9 Å². The zero-order valence-electron chi connectivity index (χ0n) is 13.9. The fourth-order valence-corrected chi connectivity index (χ4v) is 2.31. The van der Waals surface area contributed by atoms with Gasteiger partial charge in [0, 0.05) is 0 Å². The van der Waals surface area contributed by atoms with Gasteiger partial charge in [0.05, 0.1) is 11.5 Å². The van der Waals surface area contributed by atoms with Crippen LogP contribution in [0.4, 0.5) is 0 Å². The summed E-state index contributed by atoms with van der Waals surface area (Å²) in [5.41, 5.74) is 5.99. The van der Waals surface area contributed by atoms with Gasteiger partial charge in [-0.1, -0.05) is 26.8 Å². The van der Waals surface area contributed by atoms with Crippen molar-refractivity contribution in [2.24, 2.45) is 11.7 Å². The number of aliphatic hydroxyl groups is 1. The van der Waals surface area contributed by atoms with Crippen LogP contribution in [0, 0.1) is 5.92 Å². The van der Waals surface area contributed by atoms with Crippen molar-refractivity contribution >= 4 is 17.8 Å². The Kier molecular flexibility index (Phi) is 6.09. The number of carboxylic acids is 2. The molecule has 1 amide bonds. The van der Waals surface area contributed by atoms with Crippen molar-refractivity contribution in [1.82, 2.24) is 0 Å². The smallest absolute Gasteiger partial charge is 0.335 e. The maximum atomic E-state index is 11.4.